The lowest BCUT2D eigenvalue weighted by molar-refractivity contribution is -0.136. The molecule has 0 aromatic heterocycles. The molecule has 4 nitrogen and oxygen atoms in total. The van der Waals surface area contributed by atoms with Gasteiger partial charge in [-0.15, -0.1) is 0 Å². The predicted octanol–water partition coefficient (Wildman–Crippen LogP) is 2.77. The van der Waals surface area contributed by atoms with Gasteiger partial charge in [0, 0.05) is 25.7 Å². The number of nitrogens with zero attached hydrogens (tertiary/aromatic N) is 1. The number of benzene rings is 1. The first kappa shape index (κ1) is 17.0. The number of likely N-dealkylation sites (tertiary alicyclic amines) is 1. The topological polar surface area (TPSA) is 55.6 Å². The fourth-order valence-electron chi connectivity index (χ4n) is 4.65. The van der Waals surface area contributed by atoms with Crippen molar-refractivity contribution in [2.45, 2.75) is 63.0 Å². The van der Waals surface area contributed by atoms with E-state index < -0.39 is 0 Å². The van der Waals surface area contributed by atoms with Gasteiger partial charge in [-0.3, -0.25) is 4.79 Å². The Morgan fingerprint density at radius 3 is 2.64 bits per heavy atom. The van der Waals surface area contributed by atoms with Crippen molar-refractivity contribution in [3.05, 3.63) is 35.4 Å². The molecule has 2 N–H and O–H groups in total. The van der Waals surface area contributed by atoms with Crippen LogP contribution in [-0.4, -0.2) is 42.6 Å². The van der Waals surface area contributed by atoms with E-state index in [1.807, 2.05) is 0 Å². The minimum Gasteiger partial charge on any atom is -0.378 e. The fraction of sp³-hybridized carbons (Fsp3) is 0.667. The van der Waals surface area contributed by atoms with Crippen LogP contribution in [0.3, 0.4) is 0 Å². The Hall–Kier alpha value is -1.39. The smallest absolute Gasteiger partial charge is 0.233 e. The summed E-state index contributed by atoms with van der Waals surface area (Å²) >= 11 is 0. The van der Waals surface area contributed by atoms with Gasteiger partial charge in [0.2, 0.25) is 5.91 Å². The highest BCUT2D eigenvalue weighted by Crippen LogP contribution is 2.50. The van der Waals surface area contributed by atoms with Crippen molar-refractivity contribution < 1.29 is 9.53 Å². The third-order valence-electron chi connectivity index (χ3n) is 6.44. The first-order valence-electron chi connectivity index (χ1n) is 9.82. The number of carbonyl (C=O) groups is 1. The van der Waals surface area contributed by atoms with Gasteiger partial charge in [-0.2, -0.15) is 0 Å². The van der Waals surface area contributed by atoms with E-state index in [0.717, 1.165) is 58.2 Å². The van der Waals surface area contributed by atoms with Crippen LogP contribution in [0, 0.1) is 12.8 Å². The average molecular weight is 342 g/mol. The first-order valence-corrected chi connectivity index (χ1v) is 9.82. The second-order valence-electron chi connectivity index (χ2n) is 8.27. The zero-order valence-corrected chi connectivity index (χ0v) is 15.2. The highest BCUT2D eigenvalue weighted by molar-refractivity contribution is 5.91. The molecule has 4 rings (SSSR count). The monoisotopic (exact) mass is 342 g/mol. The molecule has 2 saturated heterocycles. The number of amides is 1. The molecule has 0 radical (unpaired) electrons. The van der Waals surface area contributed by atoms with Crippen molar-refractivity contribution in [1.29, 1.82) is 0 Å². The van der Waals surface area contributed by atoms with Crippen LogP contribution in [-0.2, 0) is 14.9 Å². The molecule has 1 aliphatic carbocycles. The number of hydrogen-bond donors (Lipinski definition) is 1. The van der Waals surface area contributed by atoms with E-state index in [4.69, 9.17) is 10.5 Å². The molecule has 1 amide bonds. The molecular weight excluding hydrogens is 312 g/mol. The zero-order chi connectivity index (χ0) is 17.4. The summed E-state index contributed by atoms with van der Waals surface area (Å²) in [6.07, 6.45) is 6.34. The summed E-state index contributed by atoms with van der Waals surface area (Å²) in [4.78, 5) is 15.3. The Morgan fingerprint density at radius 1 is 1.24 bits per heavy atom. The van der Waals surface area contributed by atoms with Gasteiger partial charge in [0.05, 0.1) is 11.5 Å². The average Bonchev–Trinajstić information content (AvgIpc) is 3.43. The summed E-state index contributed by atoms with van der Waals surface area (Å²) in [5, 5.41) is 0. The minimum absolute atomic E-state index is 0.234. The molecule has 2 atom stereocenters. The quantitative estimate of drug-likeness (QED) is 0.919. The Labute approximate surface area is 150 Å². The maximum atomic E-state index is 13.2. The second-order valence-corrected chi connectivity index (χ2v) is 8.27. The minimum atomic E-state index is -0.234. The lowest BCUT2D eigenvalue weighted by Crippen LogP contribution is -2.47. The molecule has 2 heterocycles. The number of carbonyl (C=O) groups excluding carboxylic acids is 1. The number of nitrogens with two attached hydrogens (primary N) is 1. The highest BCUT2D eigenvalue weighted by atomic mass is 16.5. The van der Waals surface area contributed by atoms with Gasteiger partial charge in [0.1, 0.15) is 0 Å². The van der Waals surface area contributed by atoms with E-state index in [1.54, 1.807) is 0 Å². The Bertz CT molecular complexity index is 633. The Kier molecular flexibility index (Phi) is 4.59. The molecule has 4 heteroatoms. The van der Waals surface area contributed by atoms with Crippen LogP contribution in [0.15, 0.2) is 24.3 Å². The van der Waals surface area contributed by atoms with Gasteiger partial charge < -0.3 is 15.4 Å². The van der Waals surface area contributed by atoms with Crippen molar-refractivity contribution in [3.8, 4) is 0 Å². The van der Waals surface area contributed by atoms with Gasteiger partial charge in [-0.05, 0) is 56.9 Å². The standard InChI is InChI=1S/C21H30N2O2/c1-15-3-2-4-17(13-15)21(8-9-21)20(24)23-10-5-16(6-11-23)19-14-18(22)7-12-25-19/h2-4,13,16,18-19H,5-12,14,22H2,1H3. The van der Waals surface area contributed by atoms with E-state index in [0.29, 0.717) is 17.9 Å². The molecule has 136 valence electrons. The van der Waals surface area contributed by atoms with Gasteiger partial charge in [0.25, 0.3) is 0 Å². The van der Waals surface area contributed by atoms with E-state index in [-0.39, 0.29) is 11.5 Å². The van der Waals surface area contributed by atoms with E-state index in [1.165, 1.54) is 11.1 Å². The van der Waals surface area contributed by atoms with Gasteiger partial charge in [0.15, 0.2) is 0 Å². The lowest BCUT2D eigenvalue weighted by atomic mass is 9.85. The van der Waals surface area contributed by atoms with Crippen molar-refractivity contribution in [3.63, 3.8) is 0 Å². The summed E-state index contributed by atoms with van der Waals surface area (Å²) in [7, 11) is 0. The van der Waals surface area contributed by atoms with Gasteiger partial charge >= 0.3 is 0 Å². The summed E-state index contributed by atoms with van der Waals surface area (Å²) in [5.74, 6) is 0.905. The molecule has 2 aliphatic heterocycles. The fourth-order valence-corrected chi connectivity index (χ4v) is 4.65. The van der Waals surface area contributed by atoms with Crippen LogP contribution >= 0.6 is 0 Å². The second kappa shape index (κ2) is 6.73. The lowest BCUT2D eigenvalue weighted by Gasteiger charge is -2.39. The van der Waals surface area contributed by atoms with Crippen LogP contribution < -0.4 is 5.73 Å². The maximum Gasteiger partial charge on any atom is 0.233 e. The third-order valence-corrected chi connectivity index (χ3v) is 6.44. The van der Waals surface area contributed by atoms with Crippen LogP contribution in [0.2, 0.25) is 0 Å². The molecular formula is C21H30N2O2. The summed E-state index contributed by atoms with van der Waals surface area (Å²) in [5.41, 5.74) is 8.32. The van der Waals surface area contributed by atoms with E-state index in [9.17, 15) is 4.79 Å². The van der Waals surface area contributed by atoms with E-state index >= 15 is 0 Å². The van der Waals surface area contributed by atoms with Gasteiger partial charge in [-0.1, -0.05) is 29.8 Å². The summed E-state index contributed by atoms with van der Waals surface area (Å²) < 4.78 is 5.96. The molecule has 2 unspecified atom stereocenters. The van der Waals surface area contributed by atoms with Crippen LogP contribution in [0.4, 0.5) is 0 Å². The van der Waals surface area contributed by atoms with Crippen molar-refractivity contribution in [2.75, 3.05) is 19.7 Å². The molecule has 1 aromatic rings. The van der Waals surface area contributed by atoms with Crippen LogP contribution in [0.25, 0.3) is 0 Å². The predicted molar refractivity (Wildman–Crippen MR) is 98.3 cm³/mol. The van der Waals surface area contributed by atoms with Crippen molar-refractivity contribution in [1.82, 2.24) is 4.90 Å². The summed E-state index contributed by atoms with van der Waals surface area (Å²) in [6, 6.07) is 8.78. The van der Waals surface area contributed by atoms with Crippen LogP contribution in [0.1, 0.15) is 49.7 Å². The van der Waals surface area contributed by atoms with E-state index in [2.05, 4.69) is 36.1 Å². The number of hydrogen-bond acceptors (Lipinski definition) is 3. The third kappa shape index (κ3) is 3.34. The molecule has 1 saturated carbocycles. The normalized spacial score (nSPS) is 29.4. The SMILES string of the molecule is Cc1cccc(C2(C(=O)N3CCC(C4CC(N)CCO4)CC3)CC2)c1. The largest absolute Gasteiger partial charge is 0.378 e. The number of piperidine rings is 1. The molecule has 1 aromatic carbocycles. The van der Waals surface area contributed by atoms with Crippen LogP contribution in [0.5, 0.6) is 0 Å². The summed E-state index contributed by atoms with van der Waals surface area (Å²) in [6.45, 7) is 4.63. The highest BCUT2D eigenvalue weighted by Gasteiger charge is 2.53. The Balaban J connectivity index is 1.38. The number of aryl methyl sites for hydroxylation is 1. The Morgan fingerprint density at radius 2 is 2.00 bits per heavy atom. The maximum absolute atomic E-state index is 13.2. The molecule has 3 aliphatic rings. The van der Waals surface area contributed by atoms with Crippen molar-refractivity contribution >= 4 is 5.91 Å². The van der Waals surface area contributed by atoms with Crippen molar-refractivity contribution in [2.24, 2.45) is 11.7 Å². The molecule has 25 heavy (non-hydrogen) atoms. The molecule has 0 spiro atoms. The number of rotatable bonds is 3. The molecule has 0 bridgehead atoms. The first-order chi connectivity index (χ1) is 12.1. The number of ether oxygens (including phenoxy) is 1. The van der Waals surface area contributed by atoms with Gasteiger partial charge in [-0.25, -0.2) is 0 Å². The molecule has 3 fully saturated rings. The zero-order valence-electron chi connectivity index (χ0n) is 15.2.